The van der Waals surface area contributed by atoms with Gasteiger partial charge in [-0.15, -0.1) is 0 Å². The Morgan fingerprint density at radius 1 is 0.786 bits per heavy atom. The summed E-state index contributed by atoms with van der Waals surface area (Å²) in [6.45, 7) is 0. The normalized spacial score (nSPS) is 10.6. The molecule has 0 aliphatic carbocycles. The summed E-state index contributed by atoms with van der Waals surface area (Å²) < 4.78 is 26.7. The topological polar surface area (TPSA) is 70.6 Å². The number of para-hydroxylation sites is 1. The molecular weight excluding hydrogens is 364 g/mol. The molecule has 2 amide bonds. The molecule has 0 unspecified atom stereocenters. The molecule has 3 rings (SSSR count). The first kappa shape index (κ1) is 18.9. The van der Waals surface area contributed by atoms with Crippen LogP contribution >= 0.6 is 0 Å². The molecular formula is C21H15F2N3O2. The first-order valence-electron chi connectivity index (χ1n) is 8.28. The summed E-state index contributed by atoms with van der Waals surface area (Å²) in [6, 6.07) is 17.4. The Labute approximate surface area is 159 Å². The van der Waals surface area contributed by atoms with E-state index in [-0.39, 0.29) is 22.6 Å². The molecule has 0 saturated carbocycles. The number of carbonyl (C=O) groups is 2. The van der Waals surface area contributed by atoms with Crippen LogP contribution in [0.5, 0.6) is 0 Å². The molecule has 0 aliphatic heterocycles. The van der Waals surface area contributed by atoms with Gasteiger partial charge in [-0.1, -0.05) is 36.4 Å². The lowest BCUT2D eigenvalue weighted by atomic mass is 10.1. The Morgan fingerprint density at radius 2 is 1.43 bits per heavy atom. The Bertz CT molecular complexity index is 1030. The molecule has 0 heterocycles. The summed E-state index contributed by atoms with van der Waals surface area (Å²) in [7, 11) is 0. The molecule has 0 aliphatic rings. The highest BCUT2D eigenvalue weighted by Gasteiger charge is 2.15. The predicted octanol–water partition coefficient (Wildman–Crippen LogP) is 3.98. The van der Waals surface area contributed by atoms with E-state index in [1.54, 1.807) is 18.2 Å². The Morgan fingerprint density at radius 3 is 2.14 bits per heavy atom. The molecule has 0 radical (unpaired) electrons. The van der Waals surface area contributed by atoms with Crippen molar-refractivity contribution in [3.8, 4) is 0 Å². The molecule has 0 bridgehead atoms. The first-order chi connectivity index (χ1) is 13.5. The van der Waals surface area contributed by atoms with E-state index in [4.69, 9.17) is 0 Å². The standard InChI is InChI=1S/C21H15F2N3O2/c22-15-11-9-14(10-12-15)13-24-26-21(28)17-6-2-4-8-19(17)25-20(27)16-5-1-3-7-18(16)23/h1-13H,(H,25,27)(H,26,28)/b24-13-. The number of nitrogens with one attached hydrogen (secondary N) is 2. The molecule has 2 N–H and O–H groups in total. The van der Waals surface area contributed by atoms with Gasteiger partial charge < -0.3 is 5.32 Å². The van der Waals surface area contributed by atoms with Crippen LogP contribution in [-0.2, 0) is 0 Å². The highest BCUT2D eigenvalue weighted by molar-refractivity contribution is 6.09. The van der Waals surface area contributed by atoms with E-state index < -0.39 is 17.6 Å². The van der Waals surface area contributed by atoms with Crippen molar-refractivity contribution in [2.45, 2.75) is 0 Å². The van der Waals surface area contributed by atoms with Crippen molar-refractivity contribution in [3.63, 3.8) is 0 Å². The van der Waals surface area contributed by atoms with Crippen LogP contribution in [0.2, 0.25) is 0 Å². The van der Waals surface area contributed by atoms with Gasteiger partial charge in [0.15, 0.2) is 0 Å². The highest BCUT2D eigenvalue weighted by Crippen LogP contribution is 2.17. The van der Waals surface area contributed by atoms with E-state index in [1.807, 2.05) is 0 Å². The number of nitrogens with zero attached hydrogens (tertiary/aromatic N) is 1. The molecule has 0 saturated heterocycles. The van der Waals surface area contributed by atoms with Crippen LogP contribution in [0.4, 0.5) is 14.5 Å². The second-order valence-electron chi connectivity index (χ2n) is 5.73. The van der Waals surface area contributed by atoms with Crippen LogP contribution in [0.1, 0.15) is 26.3 Å². The second-order valence-corrected chi connectivity index (χ2v) is 5.73. The van der Waals surface area contributed by atoms with Crippen molar-refractivity contribution in [1.29, 1.82) is 0 Å². The number of benzene rings is 3. The molecule has 3 aromatic carbocycles. The SMILES string of the molecule is O=C(Nc1ccccc1C(=O)N/N=C\c1ccc(F)cc1)c1ccccc1F. The predicted molar refractivity (Wildman–Crippen MR) is 102 cm³/mol. The lowest BCUT2D eigenvalue weighted by Gasteiger charge is -2.10. The van der Waals surface area contributed by atoms with Gasteiger partial charge >= 0.3 is 0 Å². The van der Waals surface area contributed by atoms with E-state index in [1.165, 1.54) is 60.8 Å². The van der Waals surface area contributed by atoms with Gasteiger partial charge in [0, 0.05) is 0 Å². The molecule has 7 heteroatoms. The van der Waals surface area contributed by atoms with Crippen molar-refractivity contribution < 1.29 is 18.4 Å². The third kappa shape index (κ3) is 4.64. The van der Waals surface area contributed by atoms with Crippen molar-refractivity contribution in [1.82, 2.24) is 5.43 Å². The smallest absolute Gasteiger partial charge is 0.273 e. The lowest BCUT2D eigenvalue weighted by Crippen LogP contribution is -2.21. The maximum absolute atomic E-state index is 13.8. The first-order valence-corrected chi connectivity index (χ1v) is 8.28. The molecule has 0 fully saturated rings. The number of carbonyl (C=O) groups excluding carboxylic acids is 2. The summed E-state index contributed by atoms with van der Waals surface area (Å²) in [6.07, 6.45) is 1.36. The molecule has 0 aromatic heterocycles. The highest BCUT2D eigenvalue weighted by atomic mass is 19.1. The number of amides is 2. The van der Waals surface area contributed by atoms with Crippen LogP contribution in [0.25, 0.3) is 0 Å². The minimum atomic E-state index is -0.673. The minimum absolute atomic E-state index is 0.132. The second kappa shape index (κ2) is 8.68. The Balaban J connectivity index is 1.72. The molecule has 28 heavy (non-hydrogen) atoms. The fourth-order valence-electron chi connectivity index (χ4n) is 2.40. The maximum atomic E-state index is 13.8. The van der Waals surface area contributed by atoms with Crippen LogP contribution in [0, 0.1) is 11.6 Å². The number of hydrazone groups is 1. The number of rotatable bonds is 5. The molecule has 0 atom stereocenters. The zero-order valence-corrected chi connectivity index (χ0v) is 14.5. The summed E-state index contributed by atoms with van der Waals surface area (Å²) >= 11 is 0. The van der Waals surface area contributed by atoms with Gasteiger partial charge in [-0.3, -0.25) is 9.59 Å². The van der Waals surface area contributed by atoms with E-state index in [0.29, 0.717) is 5.56 Å². The van der Waals surface area contributed by atoms with Gasteiger partial charge in [-0.05, 0) is 42.0 Å². The molecule has 5 nitrogen and oxygen atoms in total. The van der Waals surface area contributed by atoms with Crippen molar-refractivity contribution >= 4 is 23.7 Å². The van der Waals surface area contributed by atoms with E-state index in [9.17, 15) is 18.4 Å². The largest absolute Gasteiger partial charge is 0.321 e. The number of hydrogen-bond donors (Lipinski definition) is 2. The minimum Gasteiger partial charge on any atom is -0.321 e. The zero-order chi connectivity index (χ0) is 19.9. The number of halogens is 2. The molecule has 3 aromatic rings. The fraction of sp³-hybridized carbons (Fsp3) is 0. The van der Waals surface area contributed by atoms with Crippen LogP contribution < -0.4 is 10.7 Å². The van der Waals surface area contributed by atoms with E-state index in [0.717, 1.165) is 0 Å². The monoisotopic (exact) mass is 379 g/mol. The van der Waals surface area contributed by atoms with Gasteiger partial charge in [0.05, 0.1) is 23.0 Å². The van der Waals surface area contributed by atoms with Crippen molar-refractivity contribution in [2.75, 3.05) is 5.32 Å². The van der Waals surface area contributed by atoms with Gasteiger partial charge in [0.25, 0.3) is 11.8 Å². The van der Waals surface area contributed by atoms with Crippen LogP contribution in [0.15, 0.2) is 77.9 Å². The zero-order valence-electron chi connectivity index (χ0n) is 14.5. The van der Waals surface area contributed by atoms with Gasteiger partial charge in [0.2, 0.25) is 0 Å². The third-order valence-electron chi connectivity index (χ3n) is 3.79. The van der Waals surface area contributed by atoms with Gasteiger partial charge in [0.1, 0.15) is 11.6 Å². The maximum Gasteiger partial charge on any atom is 0.273 e. The number of hydrogen-bond acceptors (Lipinski definition) is 3. The van der Waals surface area contributed by atoms with E-state index in [2.05, 4.69) is 15.8 Å². The fourth-order valence-corrected chi connectivity index (χ4v) is 2.40. The van der Waals surface area contributed by atoms with Crippen molar-refractivity contribution in [2.24, 2.45) is 5.10 Å². The van der Waals surface area contributed by atoms with Gasteiger partial charge in [-0.2, -0.15) is 5.10 Å². The number of anilines is 1. The summed E-state index contributed by atoms with van der Waals surface area (Å²) in [4.78, 5) is 24.7. The van der Waals surface area contributed by atoms with E-state index >= 15 is 0 Å². The molecule has 140 valence electrons. The Kier molecular flexibility index (Phi) is 5.86. The lowest BCUT2D eigenvalue weighted by molar-refractivity contribution is 0.0956. The Hall–Kier alpha value is -3.87. The molecule has 0 spiro atoms. The van der Waals surface area contributed by atoms with Crippen molar-refractivity contribution in [3.05, 3.63) is 101 Å². The van der Waals surface area contributed by atoms with Crippen LogP contribution in [0.3, 0.4) is 0 Å². The quantitative estimate of drug-likeness (QED) is 0.520. The average molecular weight is 379 g/mol. The van der Waals surface area contributed by atoms with Crippen LogP contribution in [-0.4, -0.2) is 18.0 Å². The summed E-state index contributed by atoms with van der Waals surface area (Å²) in [5.74, 6) is -2.28. The third-order valence-corrected chi connectivity index (χ3v) is 3.79. The summed E-state index contributed by atoms with van der Waals surface area (Å²) in [5, 5.41) is 6.35. The average Bonchev–Trinajstić information content (AvgIpc) is 2.70. The van der Waals surface area contributed by atoms with Gasteiger partial charge in [-0.25, -0.2) is 14.2 Å². The summed E-state index contributed by atoms with van der Waals surface area (Å²) in [5.41, 5.74) is 3.17.